The standard InChI is InChI=1S/C30H28FN5O2.ClH/c31-22-11-12-26(38-27-18-33-21-34-28(27)35-19-30(20-35)13-15-32-16-14-30)25(17-22)29(37)36(23-7-3-1-4-8-23)24-9-5-2-6-10-24;/h1-12,17-18,21,32H,13-16,19-20H2;1H. The van der Waals surface area contributed by atoms with Gasteiger partial charge in [-0.15, -0.1) is 12.4 Å². The first kappa shape index (κ1) is 26.6. The molecule has 1 amide bonds. The lowest BCUT2D eigenvalue weighted by Gasteiger charge is -2.53. The summed E-state index contributed by atoms with van der Waals surface area (Å²) in [5, 5.41) is 3.43. The average molecular weight is 546 g/mol. The molecule has 4 aromatic rings. The molecule has 3 heterocycles. The summed E-state index contributed by atoms with van der Waals surface area (Å²) < 4.78 is 20.8. The van der Waals surface area contributed by atoms with Crippen molar-refractivity contribution >= 4 is 35.5 Å². The number of anilines is 3. The number of piperidine rings is 1. The van der Waals surface area contributed by atoms with E-state index in [9.17, 15) is 9.18 Å². The van der Waals surface area contributed by atoms with Crippen molar-refractivity contribution in [1.82, 2.24) is 15.3 Å². The molecule has 1 N–H and O–H groups in total. The fourth-order valence-corrected chi connectivity index (χ4v) is 5.34. The zero-order valence-electron chi connectivity index (χ0n) is 21.3. The second kappa shape index (κ2) is 11.4. The fourth-order valence-electron chi connectivity index (χ4n) is 5.34. The van der Waals surface area contributed by atoms with Crippen LogP contribution in [0.3, 0.4) is 0 Å². The number of para-hydroxylation sites is 2. The van der Waals surface area contributed by atoms with Crippen LogP contribution >= 0.6 is 12.4 Å². The Kier molecular flexibility index (Phi) is 7.77. The summed E-state index contributed by atoms with van der Waals surface area (Å²) in [5.41, 5.74) is 1.73. The first-order chi connectivity index (χ1) is 18.6. The van der Waals surface area contributed by atoms with Gasteiger partial charge in [-0.3, -0.25) is 9.69 Å². The van der Waals surface area contributed by atoms with Gasteiger partial charge in [0.2, 0.25) is 0 Å². The van der Waals surface area contributed by atoms with Gasteiger partial charge >= 0.3 is 0 Å². The Morgan fingerprint density at radius 1 is 0.923 bits per heavy atom. The van der Waals surface area contributed by atoms with Crippen LogP contribution in [0.1, 0.15) is 23.2 Å². The predicted molar refractivity (Wildman–Crippen MR) is 152 cm³/mol. The van der Waals surface area contributed by atoms with E-state index in [4.69, 9.17) is 4.74 Å². The minimum atomic E-state index is -0.526. The third kappa shape index (κ3) is 5.44. The number of benzene rings is 3. The van der Waals surface area contributed by atoms with Gasteiger partial charge in [0.15, 0.2) is 11.6 Å². The van der Waals surface area contributed by atoms with Crippen LogP contribution in [0.25, 0.3) is 0 Å². The van der Waals surface area contributed by atoms with Gasteiger partial charge in [0, 0.05) is 29.9 Å². The molecule has 0 bridgehead atoms. The van der Waals surface area contributed by atoms with E-state index in [-0.39, 0.29) is 23.7 Å². The number of hydrogen-bond donors (Lipinski definition) is 1. The highest BCUT2D eigenvalue weighted by Gasteiger charge is 2.44. The average Bonchev–Trinajstić information content (AvgIpc) is 2.95. The van der Waals surface area contributed by atoms with Crippen LogP contribution in [-0.4, -0.2) is 42.1 Å². The number of aromatic nitrogens is 2. The van der Waals surface area contributed by atoms with Crippen molar-refractivity contribution in [3.63, 3.8) is 0 Å². The molecule has 0 atom stereocenters. The van der Waals surface area contributed by atoms with Gasteiger partial charge in [0.05, 0.1) is 11.8 Å². The highest BCUT2D eigenvalue weighted by Crippen LogP contribution is 2.44. The quantitative estimate of drug-likeness (QED) is 0.320. The monoisotopic (exact) mass is 545 g/mol. The number of hydrogen-bond acceptors (Lipinski definition) is 6. The Morgan fingerprint density at radius 2 is 1.56 bits per heavy atom. The van der Waals surface area contributed by atoms with E-state index >= 15 is 0 Å². The fraction of sp³-hybridized carbons (Fsp3) is 0.233. The van der Waals surface area contributed by atoms with Crippen molar-refractivity contribution < 1.29 is 13.9 Å². The lowest BCUT2D eigenvalue weighted by atomic mass is 9.72. The van der Waals surface area contributed by atoms with Crippen molar-refractivity contribution in [1.29, 1.82) is 0 Å². The second-order valence-electron chi connectivity index (χ2n) is 9.87. The zero-order valence-corrected chi connectivity index (χ0v) is 22.1. The molecule has 0 aliphatic carbocycles. The molecule has 2 aliphatic heterocycles. The van der Waals surface area contributed by atoms with Crippen molar-refractivity contribution in [2.75, 3.05) is 36.0 Å². The minimum Gasteiger partial charge on any atom is -0.451 e. The van der Waals surface area contributed by atoms with E-state index in [1.165, 1.54) is 24.5 Å². The van der Waals surface area contributed by atoms with Gasteiger partial charge in [0.25, 0.3) is 5.91 Å². The van der Waals surface area contributed by atoms with Gasteiger partial charge < -0.3 is 15.0 Å². The Labute approximate surface area is 233 Å². The molecule has 200 valence electrons. The Hall–Kier alpha value is -4.01. The van der Waals surface area contributed by atoms with Crippen LogP contribution in [0.5, 0.6) is 11.5 Å². The summed E-state index contributed by atoms with van der Waals surface area (Å²) in [6, 6.07) is 22.6. The van der Waals surface area contributed by atoms with Gasteiger partial charge in [-0.1, -0.05) is 36.4 Å². The maximum Gasteiger partial charge on any atom is 0.266 e. The summed E-state index contributed by atoms with van der Waals surface area (Å²) in [6.07, 6.45) is 5.37. The molecule has 2 aliphatic rings. The largest absolute Gasteiger partial charge is 0.451 e. The molecule has 1 aromatic heterocycles. The normalized spacial score (nSPS) is 15.7. The second-order valence-corrected chi connectivity index (χ2v) is 9.87. The van der Waals surface area contributed by atoms with E-state index in [0.717, 1.165) is 39.0 Å². The number of carbonyl (C=O) groups excluding carboxylic acids is 1. The molecule has 0 saturated carbocycles. The number of rotatable bonds is 6. The number of halogens is 2. The zero-order chi connectivity index (χ0) is 26.0. The smallest absolute Gasteiger partial charge is 0.266 e. The van der Waals surface area contributed by atoms with E-state index in [1.807, 2.05) is 60.7 Å². The van der Waals surface area contributed by atoms with E-state index in [2.05, 4.69) is 20.2 Å². The molecule has 1 spiro atoms. The molecule has 7 nitrogen and oxygen atoms in total. The molecular weight excluding hydrogens is 517 g/mol. The molecular formula is C30H29ClFN5O2. The van der Waals surface area contributed by atoms with Crippen LogP contribution in [0.15, 0.2) is 91.4 Å². The van der Waals surface area contributed by atoms with Crippen molar-refractivity contribution in [3.8, 4) is 11.5 Å². The summed E-state index contributed by atoms with van der Waals surface area (Å²) in [5.74, 6) is 0.411. The van der Waals surface area contributed by atoms with Gasteiger partial charge in [-0.05, 0) is 68.4 Å². The van der Waals surface area contributed by atoms with Crippen molar-refractivity contribution in [2.24, 2.45) is 5.41 Å². The molecule has 2 saturated heterocycles. The molecule has 2 fully saturated rings. The summed E-state index contributed by atoms with van der Waals surface area (Å²) >= 11 is 0. The Balaban J connectivity index is 0.00000308. The van der Waals surface area contributed by atoms with Crippen LogP contribution in [-0.2, 0) is 0 Å². The number of carbonyl (C=O) groups is 1. The van der Waals surface area contributed by atoms with E-state index in [1.54, 1.807) is 11.1 Å². The molecule has 0 radical (unpaired) electrons. The van der Waals surface area contributed by atoms with Gasteiger partial charge in [-0.25, -0.2) is 14.4 Å². The molecule has 0 unspecified atom stereocenters. The third-order valence-electron chi connectivity index (χ3n) is 7.30. The van der Waals surface area contributed by atoms with Gasteiger partial charge in [0.1, 0.15) is 17.9 Å². The van der Waals surface area contributed by atoms with Crippen LogP contribution in [0.4, 0.5) is 21.6 Å². The Bertz CT molecular complexity index is 1390. The lowest BCUT2D eigenvalue weighted by molar-refractivity contribution is 0.0996. The van der Waals surface area contributed by atoms with Crippen molar-refractivity contribution in [3.05, 3.63) is 103 Å². The number of nitrogens with one attached hydrogen (secondary N) is 1. The SMILES string of the molecule is Cl.O=C(c1cc(F)ccc1Oc1cncnc1N1CC2(CCNCC2)C1)N(c1ccccc1)c1ccccc1. The highest BCUT2D eigenvalue weighted by atomic mass is 35.5. The maximum atomic E-state index is 14.5. The number of ether oxygens (including phenoxy) is 1. The predicted octanol–water partition coefficient (Wildman–Crippen LogP) is 6.00. The lowest BCUT2D eigenvalue weighted by Crippen LogP contribution is -2.60. The van der Waals surface area contributed by atoms with Crippen molar-refractivity contribution in [2.45, 2.75) is 12.8 Å². The first-order valence-corrected chi connectivity index (χ1v) is 12.8. The maximum absolute atomic E-state index is 14.5. The Morgan fingerprint density at radius 3 is 2.21 bits per heavy atom. The molecule has 9 heteroatoms. The summed E-state index contributed by atoms with van der Waals surface area (Å²) in [7, 11) is 0. The summed E-state index contributed by atoms with van der Waals surface area (Å²) in [6.45, 7) is 3.85. The third-order valence-corrected chi connectivity index (χ3v) is 7.30. The molecule has 6 rings (SSSR count). The van der Waals surface area contributed by atoms with E-state index < -0.39 is 11.7 Å². The summed E-state index contributed by atoms with van der Waals surface area (Å²) in [4.78, 5) is 26.4. The van der Waals surface area contributed by atoms with E-state index in [0.29, 0.717) is 28.4 Å². The molecule has 39 heavy (non-hydrogen) atoms. The topological polar surface area (TPSA) is 70.6 Å². The highest BCUT2D eigenvalue weighted by molar-refractivity contribution is 6.12. The van der Waals surface area contributed by atoms with Crippen LogP contribution in [0.2, 0.25) is 0 Å². The van der Waals surface area contributed by atoms with Crippen LogP contribution in [0, 0.1) is 11.2 Å². The first-order valence-electron chi connectivity index (χ1n) is 12.8. The number of nitrogens with zero attached hydrogens (tertiary/aromatic N) is 4. The van der Waals surface area contributed by atoms with Crippen LogP contribution < -0.4 is 19.9 Å². The molecule has 3 aromatic carbocycles. The minimum absolute atomic E-state index is 0. The number of amides is 1. The van der Waals surface area contributed by atoms with Gasteiger partial charge in [-0.2, -0.15) is 0 Å².